The highest BCUT2D eigenvalue weighted by molar-refractivity contribution is 5.82. The molecule has 3 N–H and O–H groups in total. The molecule has 6 heteroatoms. The van der Waals surface area contributed by atoms with Gasteiger partial charge in [0.25, 0.3) is 0 Å². The molecule has 2 heterocycles. The van der Waals surface area contributed by atoms with Crippen LogP contribution in [0, 0.1) is 0 Å². The normalized spacial score (nSPS) is 19.1. The van der Waals surface area contributed by atoms with E-state index < -0.39 is 5.72 Å². The third-order valence-electron chi connectivity index (χ3n) is 3.00. The van der Waals surface area contributed by atoms with Crippen LogP contribution in [0.4, 0.5) is 5.82 Å². The molecule has 2 aromatic heterocycles. The molecule has 1 aliphatic rings. The highest BCUT2D eigenvalue weighted by atomic mass is 16.3. The average molecular weight is 219 g/mol. The second-order valence-corrected chi connectivity index (χ2v) is 4.19. The van der Waals surface area contributed by atoms with Crippen LogP contribution in [-0.2, 0) is 0 Å². The Balaban J connectivity index is 1.96. The van der Waals surface area contributed by atoms with Crippen LogP contribution in [0.3, 0.4) is 0 Å². The number of aliphatic hydroxyl groups is 1. The Bertz CT molecular complexity index is 503. The number of nitrogens with one attached hydrogen (secondary N) is 2. The predicted octanol–water partition coefficient (Wildman–Crippen LogP) is 1.03. The van der Waals surface area contributed by atoms with Gasteiger partial charge in [-0.3, -0.25) is 0 Å². The molecule has 0 spiro atoms. The van der Waals surface area contributed by atoms with Gasteiger partial charge < -0.3 is 15.4 Å². The number of nitrogens with zero attached hydrogens (tertiary/aromatic N) is 3. The van der Waals surface area contributed by atoms with Gasteiger partial charge in [-0.25, -0.2) is 15.0 Å². The number of aromatic amines is 1. The van der Waals surface area contributed by atoms with Crippen LogP contribution in [0.2, 0.25) is 0 Å². The predicted molar refractivity (Wildman–Crippen MR) is 58.7 cm³/mol. The van der Waals surface area contributed by atoms with E-state index in [0.717, 1.165) is 31.2 Å². The number of imidazole rings is 1. The van der Waals surface area contributed by atoms with Crippen molar-refractivity contribution in [3.63, 3.8) is 0 Å². The van der Waals surface area contributed by atoms with Gasteiger partial charge in [-0.1, -0.05) is 0 Å². The van der Waals surface area contributed by atoms with Gasteiger partial charge in [0.05, 0.1) is 6.33 Å². The van der Waals surface area contributed by atoms with E-state index in [2.05, 4.69) is 25.3 Å². The molecular formula is C10H13N5O. The van der Waals surface area contributed by atoms with E-state index in [4.69, 9.17) is 0 Å². The SMILES string of the molecule is OC1(Nc2ncnc3nc[nH]c23)CCCC1. The van der Waals surface area contributed by atoms with E-state index in [1.165, 1.54) is 6.33 Å². The van der Waals surface area contributed by atoms with E-state index in [-0.39, 0.29) is 0 Å². The van der Waals surface area contributed by atoms with Gasteiger partial charge >= 0.3 is 0 Å². The lowest BCUT2D eigenvalue weighted by molar-refractivity contribution is 0.0776. The van der Waals surface area contributed by atoms with Crippen LogP contribution in [-0.4, -0.2) is 30.8 Å². The van der Waals surface area contributed by atoms with Crippen LogP contribution in [0.15, 0.2) is 12.7 Å². The second-order valence-electron chi connectivity index (χ2n) is 4.19. The lowest BCUT2D eigenvalue weighted by Crippen LogP contribution is -2.34. The number of aromatic nitrogens is 4. The van der Waals surface area contributed by atoms with Crippen LogP contribution < -0.4 is 5.32 Å². The fraction of sp³-hybridized carbons (Fsp3) is 0.500. The van der Waals surface area contributed by atoms with E-state index in [0.29, 0.717) is 11.5 Å². The largest absolute Gasteiger partial charge is 0.371 e. The first-order chi connectivity index (χ1) is 7.77. The maximum atomic E-state index is 10.2. The average Bonchev–Trinajstić information content (AvgIpc) is 2.87. The van der Waals surface area contributed by atoms with Crippen molar-refractivity contribution < 1.29 is 5.11 Å². The number of rotatable bonds is 2. The monoisotopic (exact) mass is 219 g/mol. The fourth-order valence-corrected chi connectivity index (χ4v) is 2.17. The molecule has 1 aliphatic carbocycles. The van der Waals surface area contributed by atoms with Crippen molar-refractivity contribution in [2.24, 2.45) is 0 Å². The summed E-state index contributed by atoms with van der Waals surface area (Å²) in [6.45, 7) is 0. The number of anilines is 1. The zero-order chi connectivity index (χ0) is 11.0. The summed E-state index contributed by atoms with van der Waals surface area (Å²) < 4.78 is 0. The maximum Gasteiger partial charge on any atom is 0.182 e. The third kappa shape index (κ3) is 1.51. The van der Waals surface area contributed by atoms with Gasteiger partial charge in [0, 0.05) is 0 Å². The van der Waals surface area contributed by atoms with E-state index in [1.54, 1.807) is 6.33 Å². The summed E-state index contributed by atoms with van der Waals surface area (Å²) in [7, 11) is 0. The highest BCUT2D eigenvalue weighted by Gasteiger charge is 2.31. The van der Waals surface area contributed by atoms with Crippen molar-refractivity contribution in [1.82, 2.24) is 19.9 Å². The Kier molecular flexibility index (Phi) is 2.03. The Hall–Kier alpha value is -1.69. The molecule has 1 saturated carbocycles. The summed E-state index contributed by atoms with van der Waals surface area (Å²) in [5.41, 5.74) is 0.522. The smallest absolute Gasteiger partial charge is 0.182 e. The molecule has 84 valence electrons. The molecule has 0 bridgehead atoms. The number of hydrogen-bond acceptors (Lipinski definition) is 5. The van der Waals surface area contributed by atoms with Gasteiger partial charge in [-0.15, -0.1) is 0 Å². The molecule has 6 nitrogen and oxygen atoms in total. The van der Waals surface area contributed by atoms with Crippen molar-refractivity contribution in [3.8, 4) is 0 Å². The van der Waals surface area contributed by atoms with Gasteiger partial charge in [0.1, 0.15) is 17.6 Å². The highest BCUT2D eigenvalue weighted by Crippen LogP contribution is 2.31. The molecule has 3 rings (SSSR count). The van der Waals surface area contributed by atoms with Gasteiger partial charge in [-0.2, -0.15) is 0 Å². The molecular weight excluding hydrogens is 206 g/mol. The van der Waals surface area contributed by atoms with Crippen LogP contribution in [0.5, 0.6) is 0 Å². The molecule has 1 fully saturated rings. The van der Waals surface area contributed by atoms with Crippen molar-refractivity contribution in [1.29, 1.82) is 0 Å². The fourth-order valence-electron chi connectivity index (χ4n) is 2.17. The number of hydrogen-bond donors (Lipinski definition) is 3. The quantitative estimate of drug-likeness (QED) is 0.657. The third-order valence-corrected chi connectivity index (χ3v) is 3.00. The summed E-state index contributed by atoms with van der Waals surface area (Å²) in [6, 6.07) is 0. The topological polar surface area (TPSA) is 86.7 Å². The second kappa shape index (κ2) is 3.41. The Morgan fingerprint density at radius 3 is 2.88 bits per heavy atom. The molecule has 0 aromatic carbocycles. The van der Waals surface area contributed by atoms with Crippen LogP contribution in [0.1, 0.15) is 25.7 Å². The molecule has 0 saturated heterocycles. The molecule has 0 unspecified atom stereocenters. The summed E-state index contributed by atoms with van der Waals surface area (Å²) >= 11 is 0. The maximum absolute atomic E-state index is 10.2. The molecule has 0 amide bonds. The standard InChI is InChI=1S/C10H13N5O/c16-10(3-1-2-4-10)15-9-7-8(12-5-11-7)13-6-14-9/h5-6,16H,1-4H2,(H2,11,12,13,14,15). The van der Waals surface area contributed by atoms with Crippen molar-refractivity contribution >= 4 is 17.0 Å². The minimum Gasteiger partial charge on any atom is -0.371 e. The first kappa shape index (κ1) is 9.53. The minimum absolute atomic E-state index is 0.610. The Labute approximate surface area is 92.1 Å². The Morgan fingerprint density at radius 2 is 2.06 bits per heavy atom. The number of fused-ring (bicyclic) bond motifs is 1. The van der Waals surface area contributed by atoms with Gasteiger partial charge in [0.15, 0.2) is 11.5 Å². The van der Waals surface area contributed by atoms with Crippen LogP contribution in [0.25, 0.3) is 11.2 Å². The van der Waals surface area contributed by atoms with E-state index in [9.17, 15) is 5.11 Å². The molecule has 0 radical (unpaired) electrons. The first-order valence-corrected chi connectivity index (χ1v) is 5.41. The summed E-state index contributed by atoms with van der Waals surface area (Å²) in [4.78, 5) is 15.2. The zero-order valence-electron chi connectivity index (χ0n) is 8.77. The van der Waals surface area contributed by atoms with Gasteiger partial charge in [0.2, 0.25) is 0 Å². The summed E-state index contributed by atoms with van der Waals surface area (Å²) in [5.74, 6) is 0.617. The Morgan fingerprint density at radius 1 is 1.25 bits per heavy atom. The van der Waals surface area contributed by atoms with Crippen molar-refractivity contribution in [2.75, 3.05) is 5.32 Å². The number of H-pyrrole nitrogens is 1. The van der Waals surface area contributed by atoms with Crippen LogP contribution >= 0.6 is 0 Å². The van der Waals surface area contributed by atoms with E-state index in [1.807, 2.05) is 0 Å². The summed E-state index contributed by atoms with van der Waals surface area (Å²) in [5, 5.41) is 13.3. The van der Waals surface area contributed by atoms with E-state index >= 15 is 0 Å². The lowest BCUT2D eigenvalue weighted by atomic mass is 10.2. The van der Waals surface area contributed by atoms with Crippen molar-refractivity contribution in [2.45, 2.75) is 31.4 Å². The summed E-state index contributed by atoms with van der Waals surface area (Å²) in [6.07, 6.45) is 6.62. The molecule has 16 heavy (non-hydrogen) atoms. The lowest BCUT2D eigenvalue weighted by Gasteiger charge is -2.24. The minimum atomic E-state index is -0.827. The van der Waals surface area contributed by atoms with Crippen molar-refractivity contribution in [3.05, 3.63) is 12.7 Å². The molecule has 2 aromatic rings. The molecule has 0 aliphatic heterocycles. The van der Waals surface area contributed by atoms with Gasteiger partial charge in [-0.05, 0) is 25.7 Å². The molecule has 0 atom stereocenters. The zero-order valence-corrected chi connectivity index (χ0v) is 8.77. The first-order valence-electron chi connectivity index (χ1n) is 5.41.